The molecule has 1 aromatic carbocycles. The molecule has 1 rings (SSSR count). The fourth-order valence-electron chi connectivity index (χ4n) is 1.71. The van der Waals surface area contributed by atoms with Gasteiger partial charge in [0.25, 0.3) is 0 Å². The predicted octanol–water partition coefficient (Wildman–Crippen LogP) is 4.56. The van der Waals surface area contributed by atoms with E-state index < -0.39 is 5.97 Å². The van der Waals surface area contributed by atoms with Crippen LogP contribution in [0, 0.1) is 0 Å². The van der Waals surface area contributed by atoms with E-state index >= 15 is 0 Å². The topological polar surface area (TPSA) is 46.5 Å². The Morgan fingerprint density at radius 2 is 2.15 bits per heavy atom. The van der Waals surface area contributed by atoms with Gasteiger partial charge in [0.1, 0.15) is 5.75 Å². The summed E-state index contributed by atoms with van der Waals surface area (Å²) in [6.07, 6.45) is 8.57. The molecule has 0 spiro atoms. The van der Waals surface area contributed by atoms with Crippen LogP contribution in [0.1, 0.15) is 31.2 Å². The number of ether oxygens (including phenoxy) is 1. The van der Waals surface area contributed by atoms with E-state index in [-0.39, 0.29) is 0 Å². The molecule has 0 radical (unpaired) electrons. The number of carbonyl (C=O) groups is 1. The summed E-state index contributed by atoms with van der Waals surface area (Å²) in [5, 5.41) is 9.15. The highest BCUT2D eigenvalue weighted by Crippen LogP contribution is 2.28. The summed E-state index contributed by atoms with van der Waals surface area (Å²) >= 11 is 6.06. The van der Waals surface area contributed by atoms with E-state index in [2.05, 4.69) is 6.58 Å². The second kappa shape index (κ2) is 9.21. The van der Waals surface area contributed by atoms with Crippen molar-refractivity contribution in [2.24, 2.45) is 0 Å². The van der Waals surface area contributed by atoms with Crippen LogP contribution in [0.2, 0.25) is 5.02 Å². The van der Waals surface area contributed by atoms with Crippen LogP contribution >= 0.6 is 11.6 Å². The number of hydrogen-bond acceptors (Lipinski definition) is 2. The molecule has 4 heteroatoms. The van der Waals surface area contributed by atoms with Gasteiger partial charge < -0.3 is 9.84 Å². The Bertz CT molecular complexity index is 481. The Morgan fingerprint density at radius 3 is 2.85 bits per heavy atom. The zero-order valence-electron chi connectivity index (χ0n) is 11.3. The van der Waals surface area contributed by atoms with Crippen LogP contribution in [0.4, 0.5) is 0 Å². The van der Waals surface area contributed by atoms with Crippen molar-refractivity contribution < 1.29 is 14.6 Å². The first-order chi connectivity index (χ1) is 9.65. The minimum absolute atomic E-state index is 0.478. The van der Waals surface area contributed by atoms with Crippen LogP contribution in [0.15, 0.2) is 36.9 Å². The Balaban J connectivity index is 2.58. The summed E-state index contributed by atoms with van der Waals surface area (Å²) in [5.74, 6) is -0.404. The standard InChI is InChI=1S/C16H19ClO3/c1-2-3-4-5-6-12-20-15-9-7-8-14(17)13(15)10-11-16(18)19/h2,7-11H,1,3-6,12H2,(H,18,19)/b11-10+. The second-order valence-electron chi connectivity index (χ2n) is 4.31. The minimum Gasteiger partial charge on any atom is -0.493 e. The Morgan fingerprint density at radius 1 is 1.35 bits per heavy atom. The van der Waals surface area contributed by atoms with Gasteiger partial charge in [-0.05, 0) is 43.9 Å². The number of carboxylic acid groups (broad SMARTS) is 1. The van der Waals surface area contributed by atoms with Crippen molar-refractivity contribution >= 4 is 23.6 Å². The molecule has 20 heavy (non-hydrogen) atoms. The number of benzene rings is 1. The van der Waals surface area contributed by atoms with Crippen molar-refractivity contribution in [1.82, 2.24) is 0 Å². The van der Waals surface area contributed by atoms with Crippen LogP contribution < -0.4 is 4.74 Å². The zero-order valence-corrected chi connectivity index (χ0v) is 12.1. The first kappa shape index (κ1) is 16.3. The molecule has 0 amide bonds. The normalized spacial score (nSPS) is 10.7. The maximum absolute atomic E-state index is 10.6. The predicted molar refractivity (Wildman–Crippen MR) is 82.3 cm³/mol. The molecule has 3 nitrogen and oxygen atoms in total. The van der Waals surface area contributed by atoms with Gasteiger partial charge in [-0.3, -0.25) is 0 Å². The summed E-state index contributed by atoms with van der Waals surface area (Å²) in [7, 11) is 0. The maximum Gasteiger partial charge on any atom is 0.328 e. The number of allylic oxidation sites excluding steroid dienone is 1. The summed E-state index contributed by atoms with van der Waals surface area (Å²) in [6.45, 7) is 4.27. The fraction of sp³-hybridized carbons (Fsp3) is 0.312. The average molecular weight is 295 g/mol. The number of hydrogen-bond donors (Lipinski definition) is 1. The van der Waals surface area contributed by atoms with Gasteiger partial charge >= 0.3 is 5.97 Å². The Kier molecular flexibility index (Phi) is 7.51. The first-order valence-electron chi connectivity index (χ1n) is 6.58. The molecule has 0 saturated carbocycles. The summed E-state index contributed by atoms with van der Waals surface area (Å²) in [4.78, 5) is 10.6. The van der Waals surface area contributed by atoms with Crippen LogP contribution in [0.3, 0.4) is 0 Å². The van der Waals surface area contributed by atoms with E-state index in [4.69, 9.17) is 21.4 Å². The third kappa shape index (κ3) is 5.93. The third-order valence-electron chi connectivity index (χ3n) is 2.72. The molecule has 0 aliphatic heterocycles. The van der Waals surface area contributed by atoms with Crippen molar-refractivity contribution in [3.63, 3.8) is 0 Å². The fourth-order valence-corrected chi connectivity index (χ4v) is 1.94. The largest absolute Gasteiger partial charge is 0.493 e. The van der Waals surface area contributed by atoms with Crippen molar-refractivity contribution in [3.8, 4) is 5.75 Å². The maximum atomic E-state index is 10.6. The lowest BCUT2D eigenvalue weighted by atomic mass is 10.1. The molecular weight excluding hydrogens is 276 g/mol. The van der Waals surface area contributed by atoms with Crippen molar-refractivity contribution in [2.45, 2.75) is 25.7 Å². The molecular formula is C16H19ClO3. The second-order valence-corrected chi connectivity index (χ2v) is 4.72. The average Bonchev–Trinajstić information content (AvgIpc) is 2.41. The number of aliphatic carboxylic acids is 1. The highest BCUT2D eigenvalue weighted by molar-refractivity contribution is 6.32. The highest BCUT2D eigenvalue weighted by Gasteiger charge is 2.05. The van der Waals surface area contributed by atoms with E-state index in [1.807, 2.05) is 6.08 Å². The van der Waals surface area contributed by atoms with Crippen LogP contribution in [-0.4, -0.2) is 17.7 Å². The van der Waals surface area contributed by atoms with Crippen molar-refractivity contribution in [2.75, 3.05) is 6.61 Å². The molecule has 1 N–H and O–H groups in total. The lowest BCUT2D eigenvalue weighted by Gasteiger charge is -2.10. The zero-order chi connectivity index (χ0) is 14.8. The van der Waals surface area contributed by atoms with Crippen molar-refractivity contribution in [1.29, 1.82) is 0 Å². The lowest BCUT2D eigenvalue weighted by molar-refractivity contribution is -0.131. The molecule has 0 atom stereocenters. The number of halogens is 1. The van der Waals surface area contributed by atoms with Gasteiger partial charge in [0.2, 0.25) is 0 Å². The van der Waals surface area contributed by atoms with Gasteiger partial charge in [-0.15, -0.1) is 6.58 Å². The number of carboxylic acids is 1. The summed E-state index contributed by atoms with van der Waals surface area (Å²) < 4.78 is 5.68. The molecule has 0 heterocycles. The van der Waals surface area contributed by atoms with E-state index in [0.29, 0.717) is 22.9 Å². The SMILES string of the molecule is C=CCCCCCOc1cccc(Cl)c1/C=C/C(=O)O. The molecule has 1 aromatic rings. The molecule has 0 bridgehead atoms. The molecule has 0 aromatic heterocycles. The lowest BCUT2D eigenvalue weighted by Crippen LogP contribution is -1.99. The number of rotatable bonds is 9. The summed E-state index contributed by atoms with van der Waals surface area (Å²) in [5.41, 5.74) is 0.600. The van der Waals surface area contributed by atoms with Crippen molar-refractivity contribution in [3.05, 3.63) is 47.5 Å². The van der Waals surface area contributed by atoms with Crippen LogP contribution in [0.25, 0.3) is 6.08 Å². The molecule has 0 aliphatic rings. The smallest absolute Gasteiger partial charge is 0.328 e. The quantitative estimate of drug-likeness (QED) is 0.412. The first-order valence-corrected chi connectivity index (χ1v) is 6.96. The molecule has 0 fully saturated rings. The third-order valence-corrected chi connectivity index (χ3v) is 3.05. The minimum atomic E-state index is -1.01. The summed E-state index contributed by atoms with van der Waals surface area (Å²) in [6, 6.07) is 5.28. The van der Waals surface area contributed by atoms with Crippen LogP contribution in [0.5, 0.6) is 5.75 Å². The van der Waals surface area contributed by atoms with Gasteiger partial charge in [0.05, 0.1) is 11.6 Å². The monoisotopic (exact) mass is 294 g/mol. The van der Waals surface area contributed by atoms with E-state index in [1.165, 1.54) is 6.08 Å². The Hall–Kier alpha value is -1.74. The molecule has 108 valence electrons. The van der Waals surface area contributed by atoms with Gasteiger partial charge in [0.15, 0.2) is 0 Å². The number of unbranched alkanes of at least 4 members (excludes halogenated alkanes) is 3. The van der Waals surface area contributed by atoms with Gasteiger partial charge in [-0.1, -0.05) is 23.7 Å². The van der Waals surface area contributed by atoms with E-state index in [9.17, 15) is 4.79 Å². The Labute approximate surface area is 124 Å². The molecule has 0 saturated heterocycles. The van der Waals surface area contributed by atoms with E-state index in [0.717, 1.165) is 31.8 Å². The van der Waals surface area contributed by atoms with Gasteiger partial charge in [-0.2, -0.15) is 0 Å². The molecule has 0 aliphatic carbocycles. The van der Waals surface area contributed by atoms with Crippen LogP contribution in [-0.2, 0) is 4.79 Å². The highest BCUT2D eigenvalue weighted by atomic mass is 35.5. The van der Waals surface area contributed by atoms with E-state index in [1.54, 1.807) is 18.2 Å². The van der Waals surface area contributed by atoms with Gasteiger partial charge in [0, 0.05) is 11.6 Å². The molecule has 0 unspecified atom stereocenters. The van der Waals surface area contributed by atoms with Gasteiger partial charge in [-0.25, -0.2) is 4.79 Å².